The maximum atomic E-state index is 13.3. The summed E-state index contributed by atoms with van der Waals surface area (Å²) in [4.78, 5) is 77.7. The van der Waals surface area contributed by atoms with Crippen molar-refractivity contribution in [3.05, 3.63) is 89.2 Å². The van der Waals surface area contributed by atoms with E-state index in [0.29, 0.717) is 48.6 Å². The standard InChI is InChI=1S/C39H36N8O6/c40-21-23-3-12-32(29-2-1-15-41-35(23)29)53-27-8-5-25(6-9-27)43-36(49)24-4-13-33(42-22-24)46-18-16-45(17-19-46)26-7-10-28-30(20-26)39(52)47(38(28)51)31-11-14-34(48)44-37(31)50/h1-4,7,10,12-13,15,20,22,25,27,31H,5-6,8-9,11,14,16-19H2,(H,43,49)(H,44,48,50). The maximum Gasteiger partial charge on any atom is 0.262 e. The summed E-state index contributed by atoms with van der Waals surface area (Å²) >= 11 is 0. The van der Waals surface area contributed by atoms with Gasteiger partial charge in [0.2, 0.25) is 11.8 Å². The van der Waals surface area contributed by atoms with Gasteiger partial charge in [0.05, 0.1) is 33.9 Å². The van der Waals surface area contributed by atoms with Crippen molar-refractivity contribution in [2.24, 2.45) is 0 Å². The predicted molar refractivity (Wildman–Crippen MR) is 192 cm³/mol. The number of anilines is 2. The number of hydrogen-bond donors (Lipinski definition) is 2. The number of piperidine rings is 1. The van der Waals surface area contributed by atoms with Gasteiger partial charge < -0.3 is 19.9 Å². The molecule has 2 aromatic carbocycles. The highest BCUT2D eigenvalue weighted by Gasteiger charge is 2.44. The first-order chi connectivity index (χ1) is 25.8. The molecule has 14 nitrogen and oxygen atoms in total. The van der Waals surface area contributed by atoms with Crippen molar-refractivity contribution in [2.75, 3.05) is 36.0 Å². The van der Waals surface area contributed by atoms with E-state index in [1.54, 1.807) is 36.7 Å². The van der Waals surface area contributed by atoms with Crippen molar-refractivity contribution < 1.29 is 28.7 Å². The molecule has 53 heavy (non-hydrogen) atoms. The Morgan fingerprint density at radius 1 is 0.868 bits per heavy atom. The van der Waals surface area contributed by atoms with Crippen LogP contribution in [-0.4, -0.2) is 88.8 Å². The molecule has 5 heterocycles. The Balaban J connectivity index is 0.823. The van der Waals surface area contributed by atoms with E-state index in [-0.39, 0.29) is 42.0 Å². The molecule has 1 atom stereocenters. The number of hydrogen-bond acceptors (Lipinski definition) is 11. The van der Waals surface area contributed by atoms with Crippen LogP contribution in [0.15, 0.2) is 67.0 Å². The molecule has 2 aromatic heterocycles. The summed E-state index contributed by atoms with van der Waals surface area (Å²) in [6, 6.07) is 17.3. The number of ether oxygens (including phenoxy) is 1. The molecule has 268 valence electrons. The van der Waals surface area contributed by atoms with Crippen molar-refractivity contribution in [1.82, 2.24) is 25.5 Å². The van der Waals surface area contributed by atoms with Gasteiger partial charge in [-0.15, -0.1) is 0 Å². The highest BCUT2D eigenvalue weighted by atomic mass is 16.5. The normalized spacial score (nSPS) is 21.6. The number of nitrogens with zero attached hydrogens (tertiary/aromatic N) is 6. The molecule has 3 fully saturated rings. The largest absolute Gasteiger partial charge is 0.490 e. The summed E-state index contributed by atoms with van der Waals surface area (Å²) in [5.74, 6) is -0.780. The highest BCUT2D eigenvalue weighted by molar-refractivity contribution is 6.23. The predicted octanol–water partition coefficient (Wildman–Crippen LogP) is 3.35. The lowest BCUT2D eigenvalue weighted by atomic mass is 9.92. The number of imide groups is 2. The number of piperazine rings is 1. The summed E-state index contributed by atoms with van der Waals surface area (Å²) in [6.45, 7) is 2.61. The number of aromatic nitrogens is 2. The van der Waals surface area contributed by atoms with Crippen molar-refractivity contribution in [3.8, 4) is 11.8 Å². The van der Waals surface area contributed by atoms with Crippen LogP contribution in [0.25, 0.3) is 10.9 Å². The van der Waals surface area contributed by atoms with Gasteiger partial charge in [0.1, 0.15) is 23.7 Å². The van der Waals surface area contributed by atoms with Crippen molar-refractivity contribution >= 4 is 51.9 Å². The summed E-state index contributed by atoms with van der Waals surface area (Å²) in [7, 11) is 0. The van der Waals surface area contributed by atoms with Gasteiger partial charge in [0.15, 0.2) is 0 Å². The number of nitrogens with one attached hydrogen (secondary N) is 2. The first-order valence-corrected chi connectivity index (χ1v) is 17.8. The summed E-state index contributed by atoms with van der Waals surface area (Å²) < 4.78 is 6.34. The van der Waals surface area contributed by atoms with Crippen LogP contribution in [-0.2, 0) is 9.59 Å². The van der Waals surface area contributed by atoms with E-state index in [4.69, 9.17) is 4.74 Å². The van der Waals surface area contributed by atoms with Crippen LogP contribution in [0.2, 0.25) is 0 Å². The van der Waals surface area contributed by atoms with Gasteiger partial charge in [0.25, 0.3) is 17.7 Å². The van der Waals surface area contributed by atoms with Crippen molar-refractivity contribution in [3.63, 3.8) is 0 Å². The van der Waals surface area contributed by atoms with E-state index in [9.17, 15) is 29.2 Å². The minimum Gasteiger partial charge on any atom is -0.490 e. The lowest BCUT2D eigenvalue weighted by molar-refractivity contribution is -0.136. The number of pyridine rings is 2. The Kier molecular flexibility index (Phi) is 8.91. The van der Waals surface area contributed by atoms with E-state index in [1.807, 2.05) is 30.3 Å². The third-order valence-electron chi connectivity index (χ3n) is 10.6. The number of carbonyl (C=O) groups excluding carboxylic acids is 5. The second-order valence-corrected chi connectivity index (χ2v) is 13.7. The molecular formula is C39H36N8O6. The zero-order chi connectivity index (χ0) is 36.6. The molecule has 4 aromatic rings. The van der Waals surface area contributed by atoms with Crippen LogP contribution < -0.4 is 25.2 Å². The molecular weight excluding hydrogens is 676 g/mol. The highest BCUT2D eigenvalue weighted by Crippen LogP contribution is 2.33. The van der Waals surface area contributed by atoms with Crippen LogP contribution in [0.3, 0.4) is 0 Å². The van der Waals surface area contributed by atoms with Crippen LogP contribution in [0.1, 0.15) is 75.2 Å². The van der Waals surface area contributed by atoms with E-state index in [2.05, 4.69) is 36.5 Å². The van der Waals surface area contributed by atoms with Crippen LogP contribution >= 0.6 is 0 Å². The van der Waals surface area contributed by atoms with Gasteiger partial charge in [-0.05, 0) is 86.7 Å². The van der Waals surface area contributed by atoms with Gasteiger partial charge in [0, 0.05) is 62.1 Å². The zero-order valence-electron chi connectivity index (χ0n) is 28.8. The average molecular weight is 713 g/mol. The first kappa shape index (κ1) is 33.8. The molecule has 0 bridgehead atoms. The minimum absolute atomic E-state index is 0.00523. The van der Waals surface area contributed by atoms with Crippen LogP contribution in [0.4, 0.5) is 11.5 Å². The number of carbonyl (C=O) groups is 5. The second-order valence-electron chi connectivity index (χ2n) is 13.7. The number of nitriles is 1. The van der Waals surface area contributed by atoms with E-state index in [0.717, 1.165) is 47.5 Å². The molecule has 0 spiro atoms. The van der Waals surface area contributed by atoms with Crippen molar-refractivity contribution in [2.45, 2.75) is 56.7 Å². The summed E-state index contributed by atoms with van der Waals surface area (Å²) in [5.41, 5.74) is 2.95. The van der Waals surface area contributed by atoms with Gasteiger partial charge >= 0.3 is 0 Å². The molecule has 5 amide bonds. The number of benzene rings is 2. The summed E-state index contributed by atoms with van der Waals surface area (Å²) in [6.07, 6.45) is 6.60. The molecule has 1 unspecified atom stereocenters. The molecule has 1 saturated carbocycles. The Morgan fingerprint density at radius 2 is 1.64 bits per heavy atom. The average Bonchev–Trinajstić information content (AvgIpc) is 3.43. The number of amides is 5. The SMILES string of the molecule is N#Cc1ccc(OC2CCC(NC(=O)c3ccc(N4CCN(c5ccc6c(c5)C(=O)N(C5CCC(=O)NC5=O)C6=O)CC4)nc3)CC2)c2cccnc12. The second kappa shape index (κ2) is 14.0. The smallest absolute Gasteiger partial charge is 0.262 e. The summed E-state index contributed by atoms with van der Waals surface area (Å²) in [5, 5.41) is 15.6. The fraction of sp³-hybridized carbons (Fsp3) is 0.333. The van der Waals surface area contributed by atoms with E-state index < -0.39 is 29.7 Å². The number of rotatable bonds is 7. The minimum atomic E-state index is -1.00. The third kappa shape index (κ3) is 6.50. The molecule has 3 aliphatic heterocycles. The topological polar surface area (TPSA) is 178 Å². The molecule has 4 aliphatic rings. The molecule has 2 N–H and O–H groups in total. The van der Waals surface area contributed by atoms with Gasteiger partial charge in [-0.1, -0.05) is 0 Å². The zero-order valence-corrected chi connectivity index (χ0v) is 28.8. The fourth-order valence-electron chi connectivity index (χ4n) is 7.67. The fourth-order valence-corrected chi connectivity index (χ4v) is 7.67. The Morgan fingerprint density at radius 3 is 2.38 bits per heavy atom. The number of fused-ring (bicyclic) bond motifs is 2. The Bertz CT molecular complexity index is 2180. The van der Waals surface area contributed by atoms with Crippen LogP contribution in [0, 0.1) is 11.3 Å². The van der Waals surface area contributed by atoms with E-state index >= 15 is 0 Å². The molecule has 8 rings (SSSR count). The lowest BCUT2D eigenvalue weighted by Crippen LogP contribution is -2.54. The molecule has 1 aliphatic carbocycles. The maximum absolute atomic E-state index is 13.3. The lowest BCUT2D eigenvalue weighted by Gasteiger charge is -2.36. The monoisotopic (exact) mass is 712 g/mol. The Hall–Kier alpha value is -6.36. The third-order valence-corrected chi connectivity index (χ3v) is 10.6. The molecule has 0 radical (unpaired) electrons. The quantitative estimate of drug-likeness (QED) is 0.269. The molecule has 14 heteroatoms. The molecule has 2 saturated heterocycles. The van der Waals surface area contributed by atoms with Gasteiger partial charge in [-0.3, -0.25) is 39.2 Å². The van der Waals surface area contributed by atoms with E-state index in [1.165, 1.54) is 0 Å². The van der Waals surface area contributed by atoms with Crippen molar-refractivity contribution in [1.29, 1.82) is 5.26 Å². The van der Waals surface area contributed by atoms with Gasteiger partial charge in [-0.2, -0.15) is 5.26 Å². The Labute approximate surface area is 304 Å². The van der Waals surface area contributed by atoms with Crippen LogP contribution in [0.5, 0.6) is 5.75 Å². The van der Waals surface area contributed by atoms with Gasteiger partial charge in [-0.25, -0.2) is 4.98 Å². The first-order valence-electron chi connectivity index (χ1n) is 17.8.